The maximum Gasteiger partial charge on any atom is 0.292 e. The van der Waals surface area contributed by atoms with Crippen molar-refractivity contribution in [3.05, 3.63) is 60.7 Å². The molecule has 7 rings (SSSR count). The summed E-state index contributed by atoms with van der Waals surface area (Å²) < 4.78 is 32.7. The minimum Gasteiger partial charge on any atom is -0.481 e. The molecule has 0 aliphatic carbocycles. The highest BCUT2D eigenvalue weighted by atomic mass is 32.2. The number of nitrogens with zero attached hydrogens (tertiary/aromatic N) is 8. The number of hydrogen-bond donors (Lipinski definition) is 2. The van der Waals surface area contributed by atoms with Gasteiger partial charge in [0.15, 0.2) is 15.5 Å². The van der Waals surface area contributed by atoms with Crippen molar-refractivity contribution >= 4 is 27.2 Å². The number of piperidine rings is 1. The number of nitrogens with two attached hydrogens (primary N) is 1. The maximum absolute atomic E-state index is 13.2. The lowest BCUT2D eigenvalue weighted by Gasteiger charge is -2.38. The molecule has 5 aromatic heterocycles. The number of anilines is 1. The summed E-state index contributed by atoms with van der Waals surface area (Å²) in [5, 5.41) is 12.0. The van der Waals surface area contributed by atoms with Crippen LogP contribution in [0.5, 0.6) is 5.88 Å². The number of carbonyl (C=O) groups excluding carboxylic acids is 1. The summed E-state index contributed by atoms with van der Waals surface area (Å²) >= 11 is 0. The van der Waals surface area contributed by atoms with E-state index in [1.54, 1.807) is 31.8 Å². The minimum atomic E-state index is -3.76. The van der Waals surface area contributed by atoms with E-state index >= 15 is 0 Å². The third-order valence-corrected chi connectivity index (χ3v) is 9.48. The number of hydrogen-bond acceptors (Lipinski definition) is 11. The second-order valence-electron chi connectivity index (χ2n) is 10.9. The summed E-state index contributed by atoms with van der Waals surface area (Å²) in [5.41, 5.74) is 10.3. The molecule has 2 aliphatic heterocycles. The van der Waals surface area contributed by atoms with Crippen LogP contribution in [0.4, 0.5) is 5.82 Å². The third kappa shape index (κ3) is 4.56. The van der Waals surface area contributed by atoms with Crippen LogP contribution in [-0.2, 0) is 9.84 Å². The highest BCUT2D eigenvalue weighted by molar-refractivity contribution is 7.91. The van der Waals surface area contributed by atoms with Crippen LogP contribution >= 0.6 is 0 Å². The first kappa shape index (κ1) is 26.9. The van der Waals surface area contributed by atoms with Gasteiger partial charge in [-0.25, -0.2) is 18.4 Å². The van der Waals surface area contributed by atoms with Crippen molar-refractivity contribution in [2.75, 3.05) is 19.1 Å². The molecule has 3 N–H and O–H groups in total. The maximum atomic E-state index is 13.2. The SMILES string of the molecule is COc1ccc(-c2ccc(-c3cnn4c(N)c(S(C)(=O)=O)c([C@@H]5C[C@H]6CC[C@@H](C5)N6C(=O)c5nnc[nH]5)nc34)cn2)cn1. The Hall–Kier alpha value is -4.92. The third-order valence-electron chi connectivity index (χ3n) is 8.32. The Balaban J connectivity index is 1.26. The Morgan fingerprint density at radius 3 is 2.40 bits per heavy atom. The number of rotatable bonds is 6. The van der Waals surface area contributed by atoms with Gasteiger partial charge in [0, 0.05) is 59.4 Å². The Morgan fingerprint density at radius 1 is 1.05 bits per heavy atom. The summed E-state index contributed by atoms with van der Waals surface area (Å²) in [4.78, 5) is 31.6. The van der Waals surface area contributed by atoms with Gasteiger partial charge in [0.2, 0.25) is 11.7 Å². The van der Waals surface area contributed by atoms with E-state index in [2.05, 4.69) is 30.2 Å². The quantitative estimate of drug-likeness (QED) is 0.291. The molecule has 3 atom stereocenters. The first-order valence-electron chi connectivity index (χ1n) is 13.8. The van der Waals surface area contributed by atoms with E-state index in [-0.39, 0.29) is 40.4 Å². The van der Waals surface area contributed by atoms with Crippen LogP contribution in [0.15, 0.2) is 54.1 Å². The van der Waals surface area contributed by atoms with Gasteiger partial charge < -0.3 is 20.4 Å². The van der Waals surface area contributed by atoms with Crippen molar-refractivity contribution in [2.24, 2.45) is 0 Å². The van der Waals surface area contributed by atoms with Gasteiger partial charge in [-0.1, -0.05) is 6.07 Å². The van der Waals surface area contributed by atoms with Gasteiger partial charge in [-0.2, -0.15) is 9.61 Å². The molecule has 1 amide bonds. The van der Waals surface area contributed by atoms with Crippen LogP contribution < -0.4 is 10.5 Å². The number of nitrogen functional groups attached to an aromatic ring is 1. The molecule has 5 aromatic rings. The molecule has 43 heavy (non-hydrogen) atoms. The van der Waals surface area contributed by atoms with Crippen LogP contribution in [0.25, 0.3) is 28.0 Å². The summed E-state index contributed by atoms with van der Waals surface area (Å²) in [6.45, 7) is 0. The smallest absolute Gasteiger partial charge is 0.292 e. The molecule has 0 saturated carbocycles. The number of aromatic amines is 1. The van der Waals surface area contributed by atoms with E-state index in [0.717, 1.165) is 35.9 Å². The van der Waals surface area contributed by atoms with Crippen LogP contribution in [0.3, 0.4) is 0 Å². The molecule has 0 radical (unpaired) electrons. The molecule has 0 spiro atoms. The highest BCUT2D eigenvalue weighted by Crippen LogP contribution is 2.45. The molecule has 14 nitrogen and oxygen atoms in total. The number of sulfone groups is 1. The van der Waals surface area contributed by atoms with Gasteiger partial charge in [0.25, 0.3) is 5.91 Å². The van der Waals surface area contributed by atoms with Gasteiger partial charge >= 0.3 is 0 Å². The van der Waals surface area contributed by atoms with Crippen molar-refractivity contribution < 1.29 is 17.9 Å². The zero-order valence-corrected chi connectivity index (χ0v) is 24.2. The number of carbonyl (C=O) groups is 1. The number of methoxy groups -OCH3 is 1. The van der Waals surface area contributed by atoms with Gasteiger partial charge in [-0.15, -0.1) is 10.2 Å². The first-order chi connectivity index (χ1) is 20.7. The average molecular weight is 601 g/mol. The van der Waals surface area contributed by atoms with Crippen molar-refractivity contribution in [1.29, 1.82) is 0 Å². The number of amides is 1. The molecule has 2 aliphatic rings. The van der Waals surface area contributed by atoms with Gasteiger partial charge in [0.05, 0.1) is 24.7 Å². The van der Waals surface area contributed by atoms with Crippen molar-refractivity contribution in [3.8, 4) is 28.3 Å². The van der Waals surface area contributed by atoms with E-state index in [4.69, 9.17) is 15.5 Å². The molecule has 2 fully saturated rings. The Morgan fingerprint density at radius 2 is 1.79 bits per heavy atom. The first-order valence-corrected chi connectivity index (χ1v) is 15.6. The van der Waals surface area contributed by atoms with Crippen molar-refractivity contribution in [2.45, 2.75) is 48.6 Å². The topological polar surface area (TPSA) is 187 Å². The number of nitrogens with one attached hydrogen (secondary N) is 1. The second kappa shape index (κ2) is 10.1. The van der Waals surface area contributed by atoms with Gasteiger partial charge in [-0.05, 0) is 37.8 Å². The standard InChI is InChI=1S/C28H28N10O4S/c1-42-22-8-4-16(12-31-22)21-7-3-15(11-30-21)20-13-34-38-25(29)24(43(2,40)41)23(35-27(20)38)17-9-18-5-6-19(10-17)37(18)28(39)26-32-14-33-36-26/h3-4,7-8,11-14,17-19H,5-6,9-10,29H2,1-2H3,(H,32,33,36)/t17-,18-,19+. The fourth-order valence-electron chi connectivity index (χ4n) is 6.42. The lowest BCUT2D eigenvalue weighted by molar-refractivity contribution is 0.0556. The molecule has 0 unspecified atom stereocenters. The fraction of sp³-hybridized carbons (Fsp3) is 0.321. The van der Waals surface area contributed by atoms with Gasteiger partial charge in [0.1, 0.15) is 17.0 Å². The molecular formula is C28H28N10O4S. The van der Waals surface area contributed by atoms with Crippen LogP contribution in [0, 0.1) is 0 Å². The largest absolute Gasteiger partial charge is 0.481 e. The van der Waals surface area contributed by atoms with E-state index in [1.165, 1.54) is 10.8 Å². The zero-order chi connectivity index (χ0) is 29.9. The Kier molecular flexibility index (Phi) is 6.34. The lowest BCUT2D eigenvalue weighted by Crippen LogP contribution is -2.46. The molecular weight excluding hydrogens is 572 g/mol. The second-order valence-corrected chi connectivity index (χ2v) is 12.9. The van der Waals surface area contributed by atoms with Crippen molar-refractivity contribution in [3.63, 3.8) is 0 Å². The Labute approximate surface area is 246 Å². The van der Waals surface area contributed by atoms with Crippen LogP contribution in [-0.4, -0.2) is 84.4 Å². The number of pyridine rings is 2. The predicted octanol–water partition coefficient (Wildman–Crippen LogP) is 2.52. The summed E-state index contributed by atoms with van der Waals surface area (Å²) in [6.07, 6.45) is 10.3. The number of aromatic nitrogens is 8. The zero-order valence-electron chi connectivity index (χ0n) is 23.4. The molecule has 2 bridgehead atoms. The van der Waals surface area contributed by atoms with Crippen molar-refractivity contribution in [1.82, 2.24) is 44.6 Å². The molecule has 7 heterocycles. The molecule has 2 saturated heterocycles. The number of fused-ring (bicyclic) bond motifs is 3. The van der Waals surface area contributed by atoms with E-state index in [9.17, 15) is 13.2 Å². The Bertz CT molecular complexity index is 1930. The molecule has 220 valence electrons. The average Bonchev–Trinajstić information content (AvgIpc) is 3.75. The summed E-state index contributed by atoms with van der Waals surface area (Å²) in [5.74, 6) is 0.297. The fourth-order valence-corrected chi connectivity index (χ4v) is 7.48. The summed E-state index contributed by atoms with van der Waals surface area (Å²) in [7, 11) is -2.20. The monoisotopic (exact) mass is 600 g/mol. The normalized spacial score (nSPS) is 20.0. The van der Waals surface area contributed by atoms with E-state index in [0.29, 0.717) is 35.6 Å². The number of H-pyrrole nitrogens is 1. The summed E-state index contributed by atoms with van der Waals surface area (Å²) in [6, 6.07) is 7.26. The van der Waals surface area contributed by atoms with E-state index in [1.807, 2.05) is 23.1 Å². The lowest BCUT2D eigenvalue weighted by atomic mass is 9.87. The minimum absolute atomic E-state index is 0.00940. The van der Waals surface area contributed by atoms with E-state index < -0.39 is 9.84 Å². The predicted molar refractivity (Wildman–Crippen MR) is 155 cm³/mol. The number of ether oxygens (including phenoxy) is 1. The van der Waals surface area contributed by atoms with Crippen LogP contribution in [0.2, 0.25) is 0 Å². The van der Waals surface area contributed by atoms with Crippen LogP contribution in [0.1, 0.15) is 47.9 Å². The molecule has 15 heteroatoms. The highest BCUT2D eigenvalue weighted by Gasteiger charge is 2.46. The van der Waals surface area contributed by atoms with Gasteiger partial charge in [-0.3, -0.25) is 9.78 Å². The molecule has 0 aromatic carbocycles.